The van der Waals surface area contributed by atoms with Gasteiger partial charge in [0.05, 0.1) is 0 Å². The first-order chi connectivity index (χ1) is 8.17. The summed E-state index contributed by atoms with van der Waals surface area (Å²) in [6.07, 6.45) is 0.732. The SMILES string of the molecule is CNC(=O)c1ccc(NC(=O)CCCO)cc1. The third-order valence-corrected chi connectivity index (χ3v) is 2.22. The van der Waals surface area contributed by atoms with Crippen molar-refractivity contribution in [3.05, 3.63) is 29.8 Å². The van der Waals surface area contributed by atoms with Crippen LogP contribution < -0.4 is 10.6 Å². The zero-order valence-electron chi connectivity index (χ0n) is 9.69. The standard InChI is InChI=1S/C12H16N2O3/c1-13-12(17)9-4-6-10(7-5-9)14-11(16)3-2-8-15/h4-7,15H,2-3,8H2,1H3,(H,13,17)(H,14,16). The van der Waals surface area contributed by atoms with Crippen LogP contribution in [0.4, 0.5) is 5.69 Å². The smallest absolute Gasteiger partial charge is 0.251 e. The highest BCUT2D eigenvalue weighted by Crippen LogP contribution is 2.10. The molecule has 0 heterocycles. The van der Waals surface area contributed by atoms with E-state index in [0.717, 1.165) is 0 Å². The van der Waals surface area contributed by atoms with E-state index >= 15 is 0 Å². The second-order valence-corrected chi connectivity index (χ2v) is 3.53. The summed E-state index contributed by atoms with van der Waals surface area (Å²) in [7, 11) is 1.56. The number of hydrogen-bond acceptors (Lipinski definition) is 3. The molecule has 0 radical (unpaired) electrons. The van der Waals surface area contributed by atoms with Gasteiger partial charge in [0.2, 0.25) is 5.91 Å². The average molecular weight is 236 g/mol. The van der Waals surface area contributed by atoms with Gasteiger partial charge in [0.25, 0.3) is 5.91 Å². The molecule has 0 saturated heterocycles. The Bertz CT molecular complexity index is 387. The van der Waals surface area contributed by atoms with Gasteiger partial charge in [0, 0.05) is 31.3 Å². The first-order valence-corrected chi connectivity index (χ1v) is 5.40. The second kappa shape index (κ2) is 6.65. The number of nitrogens with one attached hydrogen (secondary N) is 2. The molecule has 3 N–H and O–H groups in total. The summed E-state index contributed by atoms with van der Waals surface area (Å²) >= 11 is 0. The molecular weight excluding hydrogens is 220 g/mol. The first kappa shape index (κ1) is 13.2. The maximum atomic E-state index is 11.3. The van der Waals surface area contributed by atoms with Crippen molar-refractivity contribution in [1.82, 2.24) is 5.32 Å². The molecule has 0 bridgehead atoms. The van der Waals surface area contributed by atoms with Crippen molar-refractivity contribution in [2.75, 3.05) is 19.0 Å². The molecule has 92 valence electrons. The first-order valence-electron chi connectivity index (χ1n) is 5.40. The maximum absolute atomic E-state index is 11.3. The number of amides is 2. The van der Waals surface area contributed by atoms with Crippen molar-refractivity contribution in [2.45, 2.75) is 12.8 Å². The molecule has 0 aliphatic heterocycles. The fraction of sp³-hybridized carbons (Fsp3) is 0.333. The second-order valence-electron chi connectivity index (χ2n) is 3.53. The van der Waals surface area contributed by atoms with Crippen LogP contribution in [0.15, 0.2) is 24.3 Å². The van der Waals surface area contributed by atoms with E-state index in [0.29, 0.717) is 17.7 Å². The van der Waals surface area contributed by atoms with Gasteiger partial charge in [-0.1, -0.05) is 0 Å². The normalized spacial score (nSPS) is 9.76. The number of aliphatic hydroxyl groups excluding tert-OH is 1. The van der Waals surface area contributed by atoms with E-state index in [1.807, 2.05) is 0 Å². The number of anilines is 1. The van der Waals surface area contributed by atoms with E-state index in [9.17, 15) is 9.59 Å². The fourth-order valence-corrected chi connectivity index (χ4v) is 1.31. The van der Waals surface area contributed by atoms with Crippen molar-refractivity contribution in [1.29, 1.82) is 0 Å². The molecular formula is C12H16N2O3. The minimum atomic E-state index is -0.164. The summed E-state index contributed by atoms with van der Waals surface area (Å²) in [6.45, 7) is 0.00301. The van der Waals surface area contributed by atoms with Gasteiger partial charge in [-0.25, -0.2) is 0 Å². The summed E-state index contributed by atoms with van der Waals surface area (Å²) in [4.78, 5) is 22.6. The predicted molar refractivity (Wildman–Crippen MR) is 64.8 cm³/mol. The molecule has 0 atom stereocenters. The Balaban J connectivity index is 2.56. The number of aliphatic hydroxyl groups is 1. The minimum Gasteiger partial charge on any atom is -0.396 e. The number of carbonyl (C=O) groups is 2. The molecule has 1 aromatic rings. The van der Waals surface area contributed by atoms with Gasteiger partial charge >= 0.3 is 0 Å². The maximum Gasteiger partial charge on any atom is 0.251 e. The van der Waals surface area contributed by atoms with Gasteiger partial charge < -0.3 is 15.7 Å². The lowest BCUT2D eigenvalue weighted by Gasteiger charge is -2.05. The number of carbonyl (C=O) groups excluding carboxylic acids is 2. The van der Waals surface area contributed by atoms with Crippen LogP contribution in [0.2, 0.25) is 0 Å². The summed E-state index contributed by atoms with van der Waals surface area (Å²) < 4.78 is 0. The zero-order chi connectivity index (χ0) is 12.7. The summed E-state index contributed by atoms with van der Waals surface area (Å²) in [5.41, 5.74) is 1.18. The van der Waals surface area contributed by atoms with Crippen molar-refractivity contribution in [3.8, 4) is 0 Å². The van der Waals surface area contributed by atoms with Crippen LogP contribution in [0.25, 0.3) is 0 Å². The largest absolute Gasteiger partial charge is 0.396 e. The van der Waals surface area contributed by atoms with Crippen molar-refractivity contribution in [2.24, 2.45) is 0 Å². The fourth-order valence-electron chi connectivity index (χ4n) is 1.31. The Hall–Kier alpha value is -1.88. The average Bonchev–Trinajstić information content (AvgIpc) is 2.36. The van der Waals surface area contributed by atoms with E-state index in [-0.39, 0.29) is 24.8 Å². The van der Waals surface area contributed by atoms with Crippen LogP contribution in [-0.2, 0) is 4.79 Å². The quantitative estimate of drug-likeness (QED) is 0.706. The monoisotopic (exact) mass is 236 g/mol. The summed E-state index contributed by atoms with van der Waals surface area (Å²) in [5, 5.41) is 13.8. The predicted octanol–water partition coefficient (Wildman–Crippen LogP) is 0.757. The van der Waals surface area contributed by atoms with Gasteiger partial charge in [0.1, 0.15) is 0 Å². The Morgan fingerprint density at radius 3 is 2.41 bits per heavy atom. The van der Waals surface area contributed by atoms with Crippen LogP contribution in [0.1, 0.15) is 23.2 Å². The van der Waals surface area contributed by atoms with Gasteiger partial charge in [0.15, 0.2) is 0 Å². The summed E-state index contributed by atoms with van der Waals surface area (Å²) in [6, 6.07) is 6.61. The molecule has 0 aromatic heterocycles. The molecule has 0 saturated carbocycles. The number of benzene rings is 1. The van der Waals surface area contributed by atoms with Crippen LogP contribution >= 0.6 is 0 Å². The molecule has 0 aliphatic carbocycles. The Labute approximate surface area is 99.8 Å². The third kappa shape index (κ3) is 4.24. The van der Waals surface area contributed by atoms with E-state index in [2.05, 4.69) is 10.6 Å². The zero-order valence-corrected chi connectivity index (χ0v) is 9.69. The molecule has 0 aliphatic rings. The number of hydrogen-bond donors (Lipinski definition) is 3. The van der Waals surface area contributed by atoms with Crippen molar-refractivity contribution < 1.29 is 14.7 Å². The van der Waals surface area contributed by atoms with E-state index in [1.54, 1.807) is 31.3 Å². The Kier molecular flexibility index (Phi) is 5.16. The molecule has 0 spiro atoms. The lowest BCUT2D eigenvalue weighted by molar-refractivity contribution is -0.116. The van der Waals surface area contributed by atoms with E-state index in [1.165, 1.54) is 0 Å². The topological polar surface area (TPSA) is 78.4 Å². The van der Waals surface area contributed by atoms with Gasteiger partial charge in [-0.2, -0.15) is 0 Å². The van der Waals surface area contributed by atoms with E-state index in [4.69, 9.17) is 5.11 Å². The van der Waals surface area contributed by atoms with Gasteiger partial charge in [-0.3, -0.25) is 9.59 Å². The van der Waals surface area contributed by atoms with Crippen molar-refractivity contribution in [3.63, 3.8) is 0 Å². The molecule has 0 fully saturated rings. The molecule has 5 nitrogen and oxygen atoms in total. The molecule has 5 heteroatoms. The highest BCUT2D eigenvalue weighted by molar-refractivity contribution is 5.95. The summed E-state index contributed by atoms with van der Waals surface area (Å²) in [5.74, 6) is -0.310. The highest BCUT2D eigenvalue weighted by atomic mass is 16.3. The lowest BCUT2D eigenvalue weighted by Crippen LogP contribution is -2.17. The van der Waals surface area contributed by atoms with Crippen LogP contribution in [-0.4, -0.2) is 30.6 Å². The van der Waals surface area contributed by atoms with Gasteiger partial charge in [-0.15, -0.1) is 0 Å². The van der Waals surface area contributed by atoms with E-state index < -0.39 is 0 Å². The molecule has 0 unspecified atom stereocenters. The number of rotatable bonds is 5. The van der Waals surface area contributed by atoms with Crippen LogP contribution in [0.3, 0.4) is 0 Å². The molecule has 17 heavy (non-hydrogen) atoms. The third-order valence-electron chi connectivity index (χ3n) is 2.22. The van der Waals surface area contributed by atoms with Crippen LogP contribution in [0.5, 0.6) is 0 Å². The molecule has 2 amide bonds. The van der Waals surface area contributed by atoms with Gasteiger partial charge in [-0.05, 0) is 30.7 Å². The van der Waals surface area contributed by atoms with Crippen LogP contribution in [0, 0.1) is 0 Å². The van der Waals surface area contributed by atoms with Crippen molar-refractivity contribution >= 4 is 17.5 Å². The Morgan fingerprint density at radius 2 is 1.88 bits per heavy atom. The molecule has 1 rings (SSSR count). The highest BCUT2D eigenvalue weighted by Gasteiger charge is 2.04. The Morgan fingerprint density at radius 1 is 1.24 bits per heavy atom. The lowest BCUT2D eigenvalue weighted by atomic mass is 10.2. The minimum absolute atomic E-state index is 0.00301. The molecule has 1 aromatic carbocycles.